The molecule has 0 N–H and O–H groups in total. The van der Waals surface area contributed by atoms with Gasteiger partial charge in [-0.15, -0.1) is 11.3 Å². The molecule has 2 aromatic carbocycles. The molecule has 164 valence electrons. The summed E-state index contributed by atoms with van der Waals surface area (Å²) in [5, 5.41) is 5.34. The maximum atomic E-state index is 13.1. The van der Waals surface area contributed by atoms with Crippen molar-refractivity contribution in [1.29, 1.82) is 0 Å². The molecule has 8 heteroatoms. The minimum atomic E-state index is 0.0111. The average molecular weight is 449 g/mol. The molecule has 5 rings (SSSR count). The number of hydrogen-bond acceptors (Lipinski definition) is 6. The molecule has 0 bridgehead atoms. The Bertz CT molecular complexity index is 1280. The number of aryl methyl sites for hydroxylation is 2. The number of nitrogens with zero attached hydrogens (tertiary/aromatic N) is 4. The Labute approximate surface area is 190 Å². The van der Waals surface area contributed by atoms with E-state index in [1.165, 1.54) is 0 Å². The summed E-state index contributed by atoms with van der Waals surface area (Å²) in [6.45, 7) is 5.47. The monoisotopic (exact) mass is 448 g/mol. The Morgan fingerprint density at radius 2 is 2.06 bits per heavy atom. The number of ether oxygens (including phenoxy) is 2. The van der Waals surface area contributed by atoms with E-state index < -0.39 is 0 Å². The maximum absolute atomic E-state index is 13.1. The first-order valence-electron chi connectivity index (χ1n) is 10.5. The Morgan fingerprint density at radius 1 is 1.22 bits per heavy atom. The van der Waals surface area contributed by atoms with Crippen LogP contribution in [0.4, 0.5) is 0 Å². The average Bonchev–Trinajstić information content (AvgIpc) is 3.27. The highest BCUT2D eigenvalue weighted by Crippen LogP contribution is 2.40. The van der Waals surface area contributed by atoms with Gasteiger partial charge in [-0.05, 0) is 44.2 Å². The molecule has 0 radical (unpaired) electrons. The minimum Gasteiger partial charge on any atom is -0.493 e. The molecule has 32 heavy (non-hydrogen) atoms. The molecule has 1 aliphatic heterocycles. The van der Waals surface area contributed by atoms with Crippen LogP contribution in [0, 0.1) is 13.8 Å². The molecule has 0 unspecified atom stereocenters. The van der Waals surface area contributed by atoms with Crippen molar-refractivity contribution in [3.8, 4) is 22.1 Å². The van der Waals surface area contributed by atoms with Crippen LogP contribution in [0.2, 0.25) is 0 Å². The minimum absolute atomic E-state index is 0.0111. The number of carbonyl (C=O) groups is 1. The van der Waals surface area contributed by atoms with E-state index in [-0.39, 0.29) is 12.5 Å². The standard InChI is InChI=1S/C24H24N4O3S/c1-15-10-16(2)28(26-15)14-22(29)27-8-9-31-23-18(13-27)11-17(12-20(23)30-3)24-25-19-6-4-5-7-21(19)32-24/h4-7,10-12H,8-9,13-14H2,1-3H3. The van der Waals surface area contributed by atoms with Gasteiger partial charge in [0, 0.05) is 23.4 Å². The highest BCUT2D eigenvalue weighted by atomic mass is 32.1. The molecule has 0 saturated heterocycles. The van der Waals surface area contributed by atoms with E-state index in [0.717, 1.165) is 37.7 Å². The second-order valence-corrected chi connectivity index (χ2v) is 8.93. The summed E-state index contributed by atoms with van der Waals surface area (Å²) in [6, 6.07) is 14.1. The molecule has 3 heterocycles. The summed E-state index contributed by atoms with van der Waals surface area (Å²) >= 11 is 1.64. The fourth-order valence-corrected chi connectivity index (χ4v) is 4.98. The van der Waals surface area contributed by atoms with Crippen molar-refractivity contribution in [3.63, 3.8) is 0 Å². The number of amides is 1. The van der Waals surface area contributed by atoms with E-state index in [0.29, 0.717) is 31.2 Å². The van der Waals surface area contributed by atoms with E-state index in [2.05, 4.69) is 17.2 Å². The lowest BCUT2D eigenvalue weighted by Gasteiger charge is -2.20. The largest absolute Gasteiger partial charge is 0.493 e. The predicted octanol–water partition coefficient (Wildman–Crippen LogP) is 4.21. The number of hydrogen-bond donors (Lipinski definition) is 0. The van der Waals surface area contributed by atoms with Crippen LogP contribution in [0.5, 0.6) is 11.5 Å². The first-order valence-corrected chi connectivity index (χ1v) is 11.3. The molecule has 1 aliphatic rings. The molecule has 0 spiro atoms. The number of methoxy groups -OCH3 is 1. The summed E-state index contributed by atoms with van der Waals surface area (Å²) in [5.41, 5.74) is 4.72. The first kappa shape index (κ1) is 20.5. The van der Waals surface area contributed by atoms with Crippen molar-refractivity contribution in [2.45, 2.75) is 26.9 Å². The van der Waals surface area contributed by atoms with Gasteiger partial charge in [0.1, 0.15) is 18.2 Å². The Hall–Kier alpha value is -3.39. The van der Waals surface area contributed by atoms with Crippen molar-refractivity contribution < 1.29 is 14.3 Å². The molecule has 0 aliphatic carbocycles. The molecule has 2 aromatic heterocycles. The van der Waals surface area contributed by atoms with Gasteiger partial charge in [0.05, 0.1) is 29.6 Å². The molecule has 1 amide bonds. The van der Waals surface area contributed by atoms with Crippen LogP contribution in [0.15, 0.2) is 42.5 Å². The number of thiazole rings is 1. The third-order valence-electron chi connectivity index (χ3n) is 5.60. The molecule has 4 aromatic rings. The molecular weight excluding hydrogens is 424 g/mol. The van der Waals surface area contributed by atoms with Crippen LogP contribution in [-0.4, -0.2) is 45.8 Å². The van der Waals surface area contributed by atoms with Crippen LogP contribution in [0.1, 0.15) is 17.0 Å². The van der Waals surface area contributed by atoms with Crippen molar-refractivity contribution >= 4 is 27.5 Å². The smallest absolute Gasteiger partial charge is 0.244 e. The first-order chi connectivity index (χ1) is 15.5. The third-order valence-corrected chi connectivity index (χ3v) is 6.69. The zero-order valence-electron chi connectivity index (χ0n) is 18.3. The number of para-hydroxylation sites is 1. The fraction of sp³-hybridized carbons (Fsp3) is 0.292. The van der Waals surface area contributed by atoms with Crippen molar-refractivity contribution in [3.05, 3.63) is 59.4 Å². The molecule has 0 atom stereocenters. The van der Waals surface area contributed by atoms with Gasteiger partial charge in [0.15, 0.2) is 11.5 Å². The van der Waals surface area contributed by atoms with Gasteiger partial charge in [-0.1, -0.05) is 12.1 Å². The fourth-order valence-electron chi connectivity index (χ4n) is 4.03. The number of fused-ring (bicyclic) bond motifs is 2. The van der Waals surface area contributed by atoms with Gasteiger partial charge < -0.3 is 14.4 Å². The number of carbonyl (C=O) groups excluding carboxylic acids is 1. The summed E-state index contributed by atoms with van der Waals surface area (Å²) < 4.78 is 14.6. The van der Waals surface area contributed by atoms with Crippen LogP contribution in [0.25, 0.3) is 20.8 Å². The number of aromatic nitrogens is 3. The molecule has 7 nitrogen and oxygen atoms in total. The van der Waals surface area contributed by atoms with Crippen LogP contribution in [0.3, 0.4) is 0 Å². The summed E-state index contributed by atoms with van der Waals surface area (Å²) in [5.74, 6) is 1.36. The van der Waals surface area contributed by atoms with E-state index in [1.54, 1.807) is 23.1 Å². The lowest BCUT2D eigenvalue weighted by atomic mass is 10.1. The second-order valence-electron chi connectivity index (χ2n) is 7.90. The van der Waals surface area contributed by atoms with Gasteiger partial charge in [0.25, 0.3) is 0 Å². The predicted molar refractivity (Wildman–Crippen MR) is 124 cm³/mol. The van der Waals surface area contributed by atoms with Crippen molar-refractivity contribution in [2.75, 3.05) is 20.3 Å². The van der Waals surface area contributed by atoms with Crippen molar-refractivity contribution in [1.82, 2.24) is 19.7 Å². The van der Waals surface area contributed by atoms with Gasteiger partial charge in [-0.3, -0.25) is 9.48 Å². The van der Waals surface area contributed by atoms with Crippen molar-refractivity contribution in [2.24, 2.45) is 0 Å². The van der Waals surface area contributed by atoms with Gasteiger partial charge in [0.2, 0.25) is 5.91 Å². The normalized spacial score (nSPS) is 13.5. The quantitative estimate of drug-likeness (QED) is 0.468. The second kappa shape index (κ2) is 8.27. The zero-order valence-corrected chi connectivity index (χ0v) is 19.1. The molecule has 0 fully saturated rings. The van der Waals surface area contributed by atoms with Gasteiger partial charge in [-0.25, -0.2) is 4.98 Å². The number of rotatable bonds is 4. The van der Waals surface area contributed by atoms with Crippen LogP contribution >= 0.6 is 11.3 Å². The summed E-state index contributed by atoms with van der Waals surface area (Å²) in [4.78, 5) is 19.7. The highest BCUT2D eigenvalue weighted by Gasteiger charge is 2.24. The summed E-state index contributed by atoms with van der Waals surface area (Å²) in [6.07, 6.45) is 0. The van der Waals surface area contributed by atoms with E-state index in [9.17, 15) is 4.79 Å². The lowest BCUT2D eigenvalue weighted by molar-refractivity contribution is -0.132. The molecular formula is C24H24N4O3S. The Morgan fingerprint density at radius 3 is 2.81 bits per heavy atom. The Kier molecular flexibility index (Phi) is 5.30. The number of benzene rings is 2. The third kappa shape index (κ3) is 3.82. The zero-order chi connectivity index (χ0) is 22.2. The van der Waals surface area contributed by atoms with Gasteiger partial charge in [-0.2, -0.15) is 5.10 Å². The summed E-state index contributed by atoms with van der Waals surface area (Å²) in [7, 11) is 1.64. The Balaban J connectivity index is 1.47. The van der Waals surface area contributed by atoms with E-state index >= 15 is 0 Å². The SMILES string of the molecule is COc1cc(-c2nc3ccccc3s2)cc2c1OCCN(C(=O)Cn1nc(C)cc1C)C2. The van der Waals surface area contributed by atoms with Crippen LogP contribution < -0.4 is 9.47 Å². The van der Waals surface area contributed by atoms with E-state index in [4.69, 9.17) is 14.5 Å². The lowest BCUT2D eigenvalue weighted by Crippen LogP contribution is -2.35. The van der Waals surface area contributed by atoms with Gasteiger partial charge >= 0.3 is 0 Å². The van der Waals surface area contributed by atoms with Crippen LogP contribution in [-0.2, 0) is 17.9 Å². The highest BCUT2D eigenvalue weighted by molar-refractivity contribution is 7.21. The maximum Gasteiger partial charge on any atom is 0.244 e. The van der Waals surface area contributed by atoms with E-state index in [1.807, 2.05) is 49.1 Å². The topological polar surface area (TPSA) is 69.5 Å². The molecule has 0 saturated carbocycles.